The first kappa shape index (κ1) is 87.3. The van der Waals surface area contributed by atoms with Crippen molar-refractivity contribution in [1.29, 1.82) is 0 Å². The van der Waals surface area contributed by atoms with Gasteiger partial charge in [-0.25, -0.2) is 9.97 Å². The van der Waals surface area contributed by atoms with Crippen molar-refractivity contribution in [3.05, 3.63) is 102 Å². The molecule has 594 valence electrons. The molecule has 0 radical (unpaired) electrons. The highest BCUT2D eigenvalue weighted by Gasteiger charge is 2.42. The molecule has 2 aromatic heterocycles. The second-order valence-electron chi connectivity index (χ2n) is 27.1. The van der Waals surface area contributed by atoms with Crippen molar-refractivity contribution in [3.63, 3.8) is 0 Å². The van der Waals surface area contributed by atoms with Crippen LogP contribution in [-0.2, 0) is 97.6 Å². The number of nitrogens with zero attached hydrogens (tertiary/aromatic N) is 4. The van der Waals surface area contributed by atoms with Crippen molar-refractivity contribution < 1.29 is 82.1 Å². The predicted molar refractivity (Wildman–Crippen MR) is 400 cm³/mol. The predicted octanol–water partition coefficient (Wildman–Crippen LogP) is -2.75. The molecule has 2 aliphatic rings. The van der Waals surface area contributed by atoms with Crippen LogP contribution in [0.4, 0.5) is 0 Å². The van der Waals surface area contributed by atoms with Crippen molar-refractivity contribution in [2.45, 2.75) is 167 Å². The number of carbonyl (C=O) groups excluding carboxylic acids is 14. The molecule has 11 atom stereocenters. The Morgan fingerprint density at radius 1 is 0.615 bits per heavy atom. The van der Waals surface area contributed by atoms with Crippen LogP contribution in [0, 0.1) is 11.8 Å². The molecule has 0 aliphatic carbocycles. The summed E-state index contributed by atoms with van der Waals surface area (Å²) >= 11 is 0. The fraction of sp³-hybridized carbons (Fsp3) is 0.535. The van der Waals surface area contributed by atoms with E-state index in [1.54, 1.807) is 49.1 Å². The molecule has 2 unspecified atom stereocenters. The smallest absolute Gasteiger partial charge is 0.305 e. The molecule has 38 heteroatoms. The Labute approximate surface area is 638 Å². The standard InChI is InChI=1S/C71H101N19O17S2/c1-8-41(4)42(5)80-63(99)53(28-47-31-72-38-78-47)84-69(105)56-36-108-109-37-57(71(107)90-22-12-15-58(90)70(106)86-52(27-46-16-18-49(93)19-17-46)66(102)85-55(30-62(97)98)68(104)82-50(25-40(2)3)64(100)87-56)88-67(103)54(29-48-32-73-39-79-48)83-65(101)51(26-45-13-10-9-11-14-45)81-60(95)34-76-59(94)33-77-61(96)35-89(23-20-74-43(6)91)24-21-75-44(7)92/h9-11,13-14,16-19,31-32,38-42,50-58,93H,8,12,15,20-30,33-37H2,1-7H3,(H,72,78)(H,73,79)(H,74,91)(H,75,92)(H,76,94)(H,77,96)(H,80,99)(H,81,95)(H,82,104)(H,83,101)(H,84,105)(H,85,102)(H,86,106)(H,87,100)(H,88,103)(H,97,98)/t41?,42-,50+,51+,52+,53+,54+,55+,56+,57+,58?/m1/s1. The maximum absolute atomic E-state index is 15.5. The van der Waals surface area contributed by atoms with Crippen LogP contribution in [0.25, 0.3) is 0 Å². The average molecular weight is 1560 g/mol. The molecule has 2 aromatic carbocycles. The lowest BCUT2D eigenvalue weighted by molar-refractivity contribution is -0.142. The van der Waals surface area contributed by atoms with Gasteiger partial charge in [0.05, 0.1) is 38.7 Å². The van der Waals surface area contributed by atoms with Crippen molar-refractivity contribution in [2.75, 3.05) is 63.9 Å². The van der Waals surface area contributed by atoms with Crippen molar-refractivity contribution in [1.82, 2.24) is 98.9 Å². The van der Waals surface area contributed by atoms with Crippen LogP contribution in [-0.4, -0.2) is 253 Å². The van der Waals surface area contributed by atoms with Crippen molar-refractivity contribution in [3.8, 4) is 5.75 Å². The number of hydrogen-bond donors (Lipinski definition) is 17. The van der Waals surface area contributed by atoms with Gasteiger partial charge in [0.25, 0.3) is 0 Å². The first-order valence-electron chi connectivity index (χ1n) is 35.9. The number of fused-ring (bicyclic) bond motifs is 1. The molecule has 2 saturated heterocycles. The number of benzene rings is 2. The molecule has 36 nitrogen and oxygen atoms in total. The third-order valence-corrected chi connectivity index (χ3v) is 20.3. The fourth-order valence-electron chi connectivity index (χ4n) is 11.7. The van der Waals surface area contributed by atoms with Crippen LogP contribution in [0.1, 0.15) is 103 Å². The van der Waals surface area contributed by atoms with E-state index in [0.29, 0.717) is 28.9 Å². The highest BCUT2D eigenvalue weighted by atomic mass is 33.1. The maximum atomic E-state index is 15.5. The second kappa shape index (κ2) is 44.6. The SMILES string of the molecule is CCC(C)[C@@H](C)NC(=O)[C@H](Cc1cnc[nH]1)NC(=O)[C@@H]1CSSC[C@H](NC(=O)[C@H](Cc2cnc[nH]2)NC(=O)[C@H](Cc2ccccc2)NC(=O)CNC(=O)CNC(=O)CN(CCNC(C)=O)CCNC(C)=O)C(=O)N2CCCC2C(=O)N[C@@H](Cc2ccc(O)cc2)C(=O)N[C@@H](CC(=O)O)C(=O)N[C@@H](CC(C)C)C(=O)N1. The third-order valence-electron chi connectivity index (χ3n) is 17.9. The minimum absolute atomic E-state index is 0.0208. The summed E-state index contributed by atoms with van der Waals surface area (Å²) in [4.78, 5) is 225. The number of carboxylic acids is 1. The van der Waals surface area contributed by atoms with Crippen LogP contribution < -0.4 is 69.1 Å². The van der Waals surface area contributed by atoms with Gasteiger partial charge in [0.1, 0.15) is 60.1 Å². The van der Waals surface area contributed by atoms with Gasteiger partial charge in [-0.3, -0.25) is 76.8 Å². The van der Waals surface area contributed by atoms with E-state index >= 15 is 9.59 Å². The summed E-state index contributed by atoms with van der Waals surface area (Å²) in [6.07, 6.45) is 4.58. The molecular weight excluding hydrogens is 1460 g/mol. The lowest BCUT2D eigenvalue weighted by Gasteiger charge is -2.31. The first-order chi connectivity index (χ1) is 51.9. The van der Waals surface area contributed by atoms with Crippen LogP contribution in [0.5, 0.6) is 5.75 Å². The van der Waals surface area contributed by atoms with Gasteiger partial charge in [-0.1, -0.05) is 98.2 Å². The van der Waals surface area contributed by atoms with E-state index in [4.69, 9.17) is 0 Å². The zero-order valence-electron chi connectivity index (χ0n) is 62.0. The average Bonchev–Trinajstić information content (AvgIpc) is 1.74. The summed E-state index contributed by atoms with van der Waals surface area (Å²) in [5, 5.41) is 54.7. The molecule has 2 fully saturated rings. The van der Waals surface area contributed by atoms with Gasteiger partial charge in [-0.2, -0.15) is 0 Å². The number of rotatable bonds is 35. The quantitative estimate of drug-likeness (QED) is 0.0208. The number of H-pyrrole nitrogens is 2. The van der Waals surface area contributed by atoms with E-state index in [0.717, 1.165) is 21.6 Å². The fourth-order valence-corrected chi connectivity index (χ4v) is 14.0. The highest BCUT2D eigenvalue weighted by Crippen LogP contribution is 2.27. The topological polar surface area (TPSA) is 517 Å². The van der Waals surface area contributed by atoms with Gasteiger partial charge in [0.15, 0.2) is 0 Å². The van der Waals surface area contributed by atoms with E-state index < -0.39 is 151 Å². The molecule has 0 saturated carbocycles. The molecule has 4 heterocycles. The summed E-state index contributed by atoms with van der Waals surface area (Å²) in [6, 6.07) is -0.00795. The Balaban J connectivity index is 1.33. The third kappa shape index (κ3) is 30.5. The normalized spacial score (nSPS) is 19.5. The summed E-state index contributed by atoms with van der Waals surface area (Å²) in [5.74, 6) is -13.6. The van der Waals surface area contributed by atoms with E-state index in [1.165, 1.54) is 68.1 Å². The monoisotopic (exact) mass is 1560 g/mol. The largest absolute Gasteiger partial charge is 0.508 e. The van der Waals surface area contributed by atoms with E-state index in [1.807, 2.05) is 20.8 Å². The minimum Gasteiger partial charge on any atom is -0.508 e. The van der Waals surface area contributed by atoms with Gasteiger partial charge < -0.3 is 94.2 Å². The zero-order chi connectivity index (χ0) is 79.7. The summed E-state index contributed by atoms with van der Waals surface area (Å²) in [7, 11) is 1.90. The molecule has 2 aliphatic heterocycles. The summed E-state index contributed by atoms with van der Waals surface area (Å²) < 4.78 is 0. The summed E-state index contributed by atoms with van der Waals surface area (Å²) in [6.45, 7) is 11.2. The van der Waals surface area contributed by atoms with Crippen LogP contribution >= 0.6 is 21.6 Å². The second-order valence-corrected chi connectivity index (χ2v) is 29.7. The van der Waals surface area contributed by atoms with Crippen LogP contribution in [0.2, 0.25) is 0 Å². The van der Waals surface area contributed by atoms with E-state index in [9.17, 15) is 72.5 Å². The molecule has 17 N–H and O–H groups in total. The maximum Gasteiger partial charge on any atom is 0.305 e. The number of phenolic OH excluding ortho intramolecular Hbond substituents is 1. The first-order valence-corrected chi connectivity index (χ1v) is 38.4. The van der Waals surface area contributed by atoms with E-state index in [-0.39, 0.29) is 131 Å². The van der Waals surface area contributed by atoms with Gasteiger partial charge in [-0.05, 0) is 61.3 Å². The molecular formula is C71H101N19O17S2. The lowest BCUT2D eigenvalue weighted by atomic mass is 10.00. The van der Waals surface area contributed by atoms with Crippen LogP contribution in [0.3, 0.4) is 0 Å². The Kier molecular flexibility index (Phi) is 35.7. The number of carbonyl (C=O) groups is 15. The van der Waals surface area contributed by atoms with Crippen molar-refractivity contribution >= 4 is 110 Å². The van der Waals surface area contributed by atoms with Gasteiger partial charge in [-0.15, -0.1) is 0 Å². The molecule has 14 amide bonds. The van der Waals surface area contributed by atoms with Gasteiger partial charge in [0.2, 0.25) is 82.7 Å². The zero-order valence-corrected chi connectivity index (χ0v) is 63.6. The minimum atomic E-state index is -1.88. The number of aliphatic carboxylic acids is 1. The molecule has 0 bridgehead atoms. The Morgan fingerprint density at radius 2 is 1.17 bits per heavy atom. The number of amides is 14. The molecule has 6 rings (SSSR count). The number of aromatic amines is 2. The number of carboxylic acid groups (broad SMARTS) is 1. The van der Waals surface area contributed by atoms with Crippen molar-refractivity contribution in [2.24, 2.45) is 11.8 Å². The number of hydrogen-bond acceptors (Lipinski definition) is 21. The molecule has 4 aromatic rings. The van der Waals surface area contributed by atoms with Gasteiger partial charge in [0, 0.05) is 114 Å². The van der Waals surface area contributed by atoms with Crippen LogP contribution in [0.15, 0.2) is 79.6 Å². The Hall–Kier alpha value is -10.6. The Morgan fingerprint density at radius 3 is 1.77 bits per heavy atom. The lowest BCUT2D eigenvalue weighted by Crippen LogP contribution is -2.61. The number of nitrogens with one attached hydrogen (secondary N) is 15. The van der Waals surface area contributed by atoms with Gasteiger partial charge >= 0.3 is 5.97 Å². The highest BCUT2D eigenvalue weighted by molar-refractivity contribution is 8.76. The number of imidazole rings is 2. The number of aromatic nitrogens is 4. The number of phenols is 1. The molecule has 0 spiro atoms. The number of aromatic hydroxyl groups is 1. The van der Waals surface area contributed by atoms with E-state index in [2.05, 4.69) is 89.1 Å². The summed E-state index contributed by atoms with van der Waals surface area (Å²) in [5.41, 5.74) is 1.73. The Bertz CT molecular complexity index is 3730. The molecule has 109 heavy (non-hydrogen) atoms.